The largest absolute Gasteiger partial charge is 0.344 e. The zero-order valence-corrected chi connectivity index (χ0v) is 11.9. The van der Waals surface area contributed by atoms with Crippen molar-refractivity contribution in [2.75, 3.05) is 0 Å². The first kappa shape index (κ1) is 13.5. The Labute approximate surface area is 125 Å². The van der Waals surface area contributed by atoms with Crippen molar-refractivity contribution in [2.45, 2.75) is 13.0 Å². The lowest BCUT2D eigenvalue weighted by Gasteiger charge is -2.12. The summed E-state index contributed by atoms with van der Waals surface area (Å²) in [6.45, 7) is 1.89. The predicted octanol–water partition coefficient (Wildman–Crippen LogP) is 2.27. The summed E-state index contributed by atoms with van der Waals surface area (Å²) in [5.41, 5.74) is 1.79. The molecule has 6 nitrogen and oxygen atoms in total. The van der Waals surface area contributed by atoms with Crippen LogP contribution in [0.25, 0.3) is 5.65 Å². The summed E-state index contributed by atoms with van der Waals surface area (Å²) < 4.78 is 1.48. The van der Waals surface area contributed by atoms with Gasteiger partial charge >= 0.3 is 0 Å². The third kappa shape index (κ3) is 2.85. The third-order valence-corrected chi connectivity index (χ3v) is 3.25. The Morgan fingerprint density at radius 3 is 3.00 bits per heavy atom. The van der Waals surface area contributed by atoms with Crippen LogP contribution in [0.1, 0.15) is 29.0 Å². The number of hydrogen-bond acceptors (Lipinski definition) is 4. The highest BCUT2D eigenvalue weighted by Crippen LogP contribution is 2.12. The van der Waals surface area contributed by atoms with E-state index in [1.54, 1.807) is 30.7 Å². The molecule has 0 bridgehead atoms. The number of pyridine rings is 1. The number of fused-ring (bicyclic) bond motifs is 1. The quantitative estimate of drug-likeness (QED) is 0.805. The zero-order valence-electron chi connectivity index (χ0n) is 11.2. The molecule has 0 saturated carbocycles. The molecular formula is C14H12ClN5O. The molecule has 3 rings (SSSR count). The number of carbonyl (C=O) groups excluding carboxylic acids is 1. The standard InChI is InChI=1S/C14H12ClN5O/c1-9(10-3-2-6-16-7-10)17-14(21)11-8-20-13(18-11)5-4-12(15)19-20/h2-9H,1H3,(H,17,21). The molecular weight excluding hydrogens is 290 g/mol. The molecule has 0 aliphatic carbocycles. The molecule has 1 N–H and O–H groups in total. The number of nitrogens with one attached hydrogen (secondary N) is 1. The molecule has 3 aromatic rings. The van der Waals surface area contributed by atoms with Crippen molar-refractivity contribution in [3.63, 3.8) is 0 Å². The molecule has 1 amide bonds. The van der Waals surface area contributed by atoms with Crippen molar-refractivity contribution in [3.05, 3.63) is 59.3 Å². The van der Waals surface area contributed by atoms with Gasteiger partial charge in [0.15, 0.2) is 5.65 Å². The number of nitrogens with zero attached hydrogens (tertiary/aromatic N) is 4. The van der Waals surface area contributed by atoms with Gasteiger partial charge < -0.3 is 5.32 Å². The molecule has 0 radical (unpaired) electrons. The predicted molar refractivity (Wildman–Crippen MR) is 78.1 cm³/mol. The minimum Gasteiger partial charge on any atom is -0.344 e. The van der Waals surface area contributed by atoms with Gasteiger partial charge in [-0.1, -0.05) is 17.7 Å². The van der Waals surface area contributed by atoms with Gasteiger partial charge in [0.25, 0.3) is 5.91 Å². The second-order valence-corrected chi connectivity index (χ2v) is 4.95. The van der Waals surface area contributed by atoms with E-state index in [0.29, 0.717) is 16.5 Å². The molecule has 0 aliphatic heterocycles. The van der Waals surface area contributed by atoms with Crippen molar-refractivity contribution < 1.29 is 4.79 Å². The van der Waals surface area contributed by atoms with E-state index in [-0.39, 0.29) is 11.9 Å². The molecule has 3 heterocycles. The minimum atomic E-state index is -0.270. The summed E-state index contributed by atoms with van der Waals surface area (Å²) in [5, 5.41) is 7.26. The van der Waals surface area contributed by atoms with E-state index in [1.165, 1.54) is 4.52 Å². The molecule has 106 valence electrons. The Morgan fingerprint density at radius 1 is 1.38 bits per heavy atom. The Bertz CT molecular complexity index is 786. The Morgan fingerprint density at radius 2 is 2.24 bits per heavy atom. The van der Waals surface area contributed by atoms with Crippen molar-refractivity contribution in [1.82, 2.24) is 24.9 Å². The van der Waals surface area contributed by atoms with Crippen LogP contribution in [-0.4, -0.2) is 25.5 Å². The fourth-order valence-electron chi connectivity index (χ4n) is 1.95. The first-order valence-electron chi connectivity index (χ1n) is 6.36. The number of carbonyl (C=O) groups is 1. The molecule has 7 heteroatoms. The Balaban J connectivity index is 1.80. The van der Waals surface area contributed by atoms with Crippen LogP contribution in [0.3, 0.4) is 0 Å². The van der Waals surface area contributed by atoms with Gasteiger partial charge in [-0.25, -0.2) is 9.50 Å². The lowest BCUT2D eigenvalue weighted by molar-refractivity contribution is 0.0935. The molecule has 1 atom stereocenters. The first-order chi connectivity index (χ1) is 10.1. The van der Waals surface area contributed by atoms with E-state index in [0.717, 1.165) is 5.56 Å². The van der Waals surface area contributed by atoms with Gasteiger partial charge in [0.2, 0.25) is 0 Å². The zero-order chi connectivity index (χ0) is 14.8. The average molecular weight is 302 g/mol. The summed E-state index contributed by atoms with van der Waals surface area (Å²) in [6, 6.07) is 6.91. The third-order valence-electron chi connectivity index (χ3n) is 3.05. The van der Waals surface area contributed by atoms with Gasteiger partial charge in [-0.05, 0) is 30.7 Å². The van der Waals surface area contributed by atoms with Gasteiger partial charge in [-0.3, -0.25) is 9.78 Å². The normalized spacial score (nSPS) is 12.3. The SMILES string of the molecule is CC(NC(=O)c1cn2nc(Cl)ccc2n1)c1cccnc1. The van der Waals surface area contributed by atoms with E-state index in [4.69, 9.17) is 11.6 Å². The maximum absolute atomic E-state index is 12.2. The van der Waals surface area contributed by atoms with Gasteiger partial charge in [0, 0.05) is 12.4 Å². The fraction of sp³-hybridized carbons (Fsp3) is 0.143. The van der Waals surface area contributed by atoms with Crippen LogP contribution in [0.2, 0.25) is 5.15 Å². The van der Waals surface area contributed by atoms with Crippen LogP contribution in [0.4, 0.5) is 0 Å². The number of imidazole rings is 1. The Kier molecular flexibility index (Phi) is 3.53. The molecule has 0 aliphatic rings. The summed E-state index contributed by atoms with van der Waals surface area (Å²) >= 11 is 5.80. The number of rotatable bonds is 3. The smallest absolute Gasteiger partial charge is 0.272 e. The van der Waals surface area contributed by atoms with E-state index in [9.17, 15) is 4.79 Å². The van der Waals surface area contributed by atoms with E-state index in [2.05, 4.69) is 20.4 Å². The second kappa shape index (κ2) is 5.49. The number of hydrogen-bond donors (Lipinski definition) is 1. The molecule has 1 unspecified atom stereocenters. The van der Waals surface area contributed by atoms with Crippen molar-refractivity contribution in [2.24, 2.45) is 0 Å². The monoisotopic (exact) mass is 301 g/mol. The average Bonchev–Trinajstić information content (AvgIpc) is 2.91. The van der Waals surface area contributed by atoms with Crippen LogP contribution in [0.5, 0.6) is 0 Å². The van der Waals surface area contributed by atoms with Gasteiger partial charge in [0.05, 0.1) is 12.2 Å². The number of halogens is 1. The highest BCUT2D eigenvalue weighted by atomic mass is 35.5. The maximum atomic E-state index is 12.2. The van der Waals surface area contributed by atoms with Crippen molar-refractivity contribution in [1.29, 1.82) is 0 Å². The highest BCUT2D eigenvalue weighted by Gasteiger charge is 2.15. The summed E-state index contributed by atoms with van der Waals surface area (Å²) in [4.78, 5) is 20.5. The Hall–Kier alpha value is -2.47. The van der Waals surface area contributed by atoms with E-state index < -0.39 is 0 Å². The molecule has 0 fully saturated rings. The lowest BCUT2D eigenvalue weighted by Crippen LogP contribution is -2.26. The van der Waals surface area contributed by atoms with E-state index in [1.807, 2.05) is 19.1 Å². The molecule has 21 heavy (non-hydrogen) atoms. The maximum Gasteiger partial charge on any atom is 0.272 e. The molecule has 0 aromatic carbocycles. The van der Waals surface area contributed by atoms with Gasteiger partial charge in [-0.2, -0.15) is 5.10 Å². The van der Waals surface area contributed by atoms with Crippen LogP contribution < -0.4 is 5.32 Å². The van der Waals surface area contributed by atoms with E-state index >= 15 is 0 Å². The summed E-state index contributed by atoms with van der Waals surface area (Å²) in [7, 11) is 0. The summed E-state index contributed by atoms with van der Waals surface area (Å²) in [5.74, 6) is -0.270. The fourth-order valence-corrected chi connectivity index (χ4v) is 2.10. The van der Waals surface area contributed by atoms with Crippen LogP contribution >= 0.6 is 11.6 Å². The van der Waals surface area contributed by atoms with Crippen molar-refractivity contribution >= 4 is 23.2 Å². The topological polar surface area (TPSA) is 72.2 Å². The molecule has 0 saturated heterocycles. The van der Waals surface area contributed by atoms with Gasteiger partial charge in [0.1, 0.15) is 10.8 Å². The van der Waals surface area contributed by atoms with Crippen LogP contribution in [0, 0.1) is 0 Å². The van der Waals surface area contributed by atoms with Gasteiger partial charge in [-0.15, -0.1) is 0 Å². The number of amides is 1. The summed E-state index contributed by atoms with van der Waals surface area (Å²) in [6.07, 6.45) is 4.96. The highest BCUT2D eigenvalue weighted by molar-refractivity contribution is 6.29. The molecule has 3 aromatic heterocycles. The van der Waals surface area contributed by atoms with Crippen LogP contribution in [-0.2, 0) is 0 Å². The minimum absolute atomic E-state index is 0.160. The van der Waals surface area contributed by atoms with Crippen LogP contribution in [0.15, 0.2) is 42.9 Å². The second-order valence-electron chi connectivity index (χ2n) is 4.57. The first-order valence-corrected chi connectivity index (χ1v) is 6.74. The van der Waals surface area contributed by atoms with Crippen molar-refractivity contribution in [3.8, 4) is 0 Å². The number of aromatic nitrogens is 4. The molecule has 0 spiro atoms. The lowest BCUT2D eigenvalue weighted by atomic mass is 10.1.